The van der Waals surface area contributed by atoms with E-state index >= 15 is 0 Å². The molecule has 238 valence electrons. The van der Waals surface area contributed by atoms with Gasteiger partial charge in [0.05, 0.1) is 30.1 Å². The molecule has 45 heavy (non-hydrogen) atoms. The van der Waals surface area contributed by atoms with Crippen molar-refractivity contribution in [1.82, 2.24) is 24.6 Å². The number of nitrogens with zero attached hydrogens (tertiary/aromatic N) is 6. The van der Waals surface area contributed by atoms with Crippen LogP contribution in [-0.2, 0) is 41.2 Å². The molecule has 2 aliphatic heterocycles. The third-order valence-electron chi connectivity index (χ3n) is 9.22. The number of fused-ring (bicyclic) bond motifs is 6. The first-order valence-corrected chi connectivity index (χ1v) is 16.9. The van der Waals surface area contributed by atoms with Crippen molar-refractivity contribution >= 4 is 35.3 Å². The maximum absolute atomic E-state index is 12.6. The van der Waals surface area contributed by atoms with Crippen LogP contribution in [0.5, 0.6) is 0 Å². The van der Waals surface area contributed by atoms with Crippen molar-refractivity contribution in [1.29, 1.82) is 0 Å². The lowest BCUT2D eigenvalue weighted by atomic mass is 9.74. The molecule has 3 aromatic rings. The van der Waals surface area contributed by atoms with Gasteiger partial charge in [0, 0.05) is 44.9 Å². The first-order chi connectivity index (χ1) is 21.4. The van der Waals surface area contributed by atoms with E-state index in [-0.39, 0.29) is 5.91 Å². The highest BCUT2D eigenvalue weighted by atomic mass is 32.2. The van der Waals surface area contributed by atoms with Gasteiger partial charge in [-0.15, -0.1) is 0 Å². The number of rotatable bonds is 4. The number of ether oxygens (including phenoxy) is 2. The Balaban J connectivity index is 1.21. The van der Waals surface area contributed by atoms with E-state index in [1.807, 2.05) is 43.8 Å². The number of carbonyl (C=O) groups excluding carboxylic acids is 2. The summed E-state index contributed by atoms with van der Waals surface area (Å²) in [7, 11) is 3.49. The van der Waals surface area contributed by atoms with Gasteiger partial charge in [0.25, 0.3) is 5.91 Å². The Labute approximate surface area is 268 Å². The summed E-state index contributed by atoms with van der Waals surface area (Å²) in [5, 5.41) is 8.29. The molecule has 1 aromatic carbocycles. The third kappa shape index (κ3) is 5.67. The second-order valence-electron chi connectivity index (χ2n) is 13.9. The first-order valence-electron chi connectivity index (χ1n) is 15.7. The lowest BCUT2D eigenvalue weighted by Crippen LogP contribution is -2.41. The van der Waals surface area contributed by atoms with E-state index in [2.05, 4.69) is 27.4 Å². The second kappa shape index (κ2) is 11.0. The number of anilines is 2. The van der Waals surface area contributed by atoms with Crippen LogP contribution in [0.3, 0.4) is 0 Å². The average Bonchev–Trinajstić information content (AvgIpc) is 3.69. The predicted octanol–water partition coefficient (Wildman–Crippen LogP) is 5.33. The molecule has 2 aliphatic carbocycles. The molecule has 2 aromatic heterocycles. The number of amides is 2. The largest absolute Gasteiger partial charge is 0.444 e. The highest BCUT2D eigenvalue weighted by Crippen LogP contribution is 2.62. The normalized spacial score (nSPS) is 23.3. The molecular formula is C33H41N7O4S. The number of hydrogen-bond donors (Lipinski definition) is 1. The Morgan fingerprint density at radius 2 is 2.00 bits per heavy atom. The van der Waals surface area contributed by atoms with Crippen molar-refractivity contribution < 1.29 is 19.1 Å². The lowest BCUT2D eigenvalue weighted by molar-refractivity contribution is -0.0875. The summed E-state index contributed by atoms with van der Waals surface area (Å²) in [4.78, 5) is 39.2. The minimum atomic E-state index is -0.581. The molecule has 12 heteroatoms. The summed E-state index contributed by atoms with van der Waals surface area (Å²) in [5.41, 5.74) is 5.56. The van der Waals surface area contributed by atoms with Crippen molar-refractivity contribution in [3.05, 3.63) is 58.0 Å². The highest BCUT2D eigenvalue weighted by Gasteiger charge is 2.54. The van der Waals surface area contributed by atoms with E-state index in [4.69, 9.17) is 19.4 Å². The van der Waals surface area contributed by atoms with Gasteiger partial charge in [-0.25, -0.2) is 14.8 Å². The SMILES string of the molecule is CSc1nc2c(c(N3CCCn4nc(C(=O)N(C)C)cc4C3)n1)COC1(C2)CC2CC2c2ccc(NC(=O)OC(C)(C)C)cc21. The van der Waals surface area contributed by atoms with Crippen molar-refractivity contribution in [2.24, 2.45) is 5.92 Å². The number of carbonyl (C=O) groups is 2. The van der Waals surface area contributed by atoms with Crippen LogP contribution in [0.1, 0.15) is 84.5 Å². The highest BCUT2D eigenvalue weighted by molar-refractivity contribution is 7.98. The van der Waals surface area contributed by atoms with E-state index in [0.29, 0.717) is 42.8 Å². The first kappa shape index (κ1) is 30.0. The van der Waals surface area contributed by atoms with Gasteiger partial charge in [0.1, 0.15) is 11.4 Å². The van der Waals surface area contributed by atoms with E-state index < -0.39 is 17.3 Å². The molecule has 11 nitrogen and oxygen atoms in total. The minimum Gasteiger partial charge on any atom is -0.444 e. The van der Waals surface area contributed by atoms with Gasteiger partial charge in [0.2, 0.25) is 0 Å². The number of thioether (sulfide) groups is 1. The zero-order valence-corrected chi connectivity index (χ0v) is 27.7. The fourth-order valence-electron chi connectivity index (χ4n) is 7.12. The quantitative estimate of drug-likeness (QED) is 0.301. The van der Waals surface area contributed by atoms with Crippen molar-refractivity contribution in [2.75, 3.05) is 37.1 Å². The number of benzene rings is 1. The summed E-state index contributed by atoms with van der Waals surface area (Å²) < 4.78 is 14.4. The summed E-state index contributed by atoms with van der Waals surface area (Å²) >= 11 is 1.55. The maximum atomic E-state index is 12.6. The molecule has 4 heterocycles. The van der Waals surface area contributed by atoms with E-state index in [1.165, 1.54) is 5.56 Å². The minimum absolute atomic E-state index is 0.0972. The molecule has 0 bridgehead atoms. The number of nitrogens with one attached hydrogen (secondary N) is 1. The second-order valence-corrected chi connectivity index (χ2v) is 14.6. The molecule has 1 N–H and O–H groups in total. The lowest BCUT2D eigenvalue weighted by Gasteiger charge is -2.43. The van der Waals surface area contributed by atoms with Gasteiger partial charge in [-0.1, -0.05) is 17.8 Å². The molecule has 1 spiro atoms. The van der Waals surface area contributed by atoms with Gasteiger partial charge >= 0.3 is 6.09 Å². The molecule has 2 amide bonds. The maximum Gasteiger partial charge on any atom is 0.412 e. The van der Waals surface area contributed by atoms with Crippen LogP contribution < -0.4 is 10.2 Å². The standard InChI is InChI=1S/C33H41N7O4S/c1-32(2,3)44-31(42)34-20-8-9-22-23-12-19(23)15-33(25(22)13-20)16-27-24(18-43-33)28(36-30(35-27)45-6)39-10-7-11-40-21(17-39)14-26(37-40)29(41)38(4)5/h8-9,13-14,19,23H,7,10-12,15-18H2,1-6H3,(H,34,42). The van der Waals surface area contributed by atoms with Gasteiger partial charge < -0.3 is 19.3 Å². The fraction of sp³-hybridized carbons (Fsp3) is 0.545. The monoisotopic (exact) mass is 631 g/mol. The number of aromatic nitrogens is 4. The Kier molecular flexibility index (Phi) is 7.35. The summed E-state index contributed by atoms with van der Waals surface area (Å²) in [6.45, 7) is 8.14. The zero-order chi connectivity index (χ0) is 31.7. The molecule has 3 atom stereocenters. The number of hydrogen-bond acceptors (Lipinski definition) is 9. The molecule has 0 saturated heterocycles. The average molecular weight is 632 g/mol. The topological polar surface area (TPSA) is 115 Å². The molecule has 1 fully saturated rings. The van der Waals surface area contributed by atoms with E-state index in [0.717, 1.165) is 65.8 Å². The van der Waals surface area contributed by atoms with Crippen LogP contribution in [-0.4, -0.2) is 69.1 Å². The van der Waals surface area contributed by atoms with Gasteiger partial charge in [-0.05, 0) is 87.5 Å². The van der Waals surface area contributed by atoms with Crippen LogP contribution in [0.2, 0.25) is 0 Å². The molecule has 4 aliphatic rings. The summed E-state index contributed by atoms with van der Waals surface area (Å²) in [6.07, 6.45) is 5.16. The van der Waals surface area contributed by atoms with Gasteiger partial charge in [-0.3, -0.25) is 14.8 Å². The van der Waals surface area contributed by atoms with Crippen LogP contribution in [0.25, 0.3) is 0 Å². The molecule has 0 radical (unpaired) electrons. The van der Waals surface area contributed by atoms with Crippen molar-refractivity contribution in [3.8, 4) is 0 Å². The molecule has 3 unspecified atom stereocenters. The van der Waals surface area contributed by atoms with Crippen LogP contribution in [0.15, 0.2) is 29.4 Å². The van der Waals surface area contributed by atoms with Crippen LogP contribution in [0.4, 0.5) is 16.3 Å². The van der Waals surface area contributed by atoms with Gasteiger partial charge in [-0.2, -0.15) is 5.10 Å². The smallest absolute Gasteiger partial charge is 0.412 e. The van der Waals surface area contributed by atoms with Crippen molar-refractivity contribution in [2.45, 2.75) is 88.4 Å². The Morgan fingerprint density at radius 3 is 2.76 bits per heavy atom. The Hall–Kier alpha value is -3.64. The van der Waals surface area contributed by atoms with Gasteiger partial charge in [0.15, 0.2) is 10.9 Å². The summed E-state index contributed by atoms with van der Waals surface area (Å²) in [5.74, 6) is 1.94. The van der Waals surface area contributed by atoms with Crippen LogP contribution in [0, 0.1) is 5.92 Å². The molecule has 1 saturated carbocycles. The number of aryl methyl sites for hydroxylation is 1. The summed E-state index contributed by atoms with van der Waals surface area (Å²) in [6, 6.07) is 8.12. The third-order valence-corrected chi connectivity index (χ3v) is 9.77. The Morgan fingerprint density at radius 1 is 1.18 bits per heavy atom. The fourth-order valence-corrected chi connectivity index (χ4v) is 7.49. The molecular weight excluding hydrogens is 590 g/mol. The van der Waals surface area contributed by atoms with Crippen molar-refractivity contribution in [3.63, 3.8) is 0 Å². The molecule has 7 rings (SSSR count). The van der Waals surface area contributed by atoms with E-state index in [1.54, 1.807) is 30.8 Å². The van der Waals surface area contributed by atoms with Crippen LogP contribution >= 0.6 is 11.8 Å². The zero-order valence-electron chi connectivity index (χ0n) is 26.8. The predicted molar refractivity (Wildman–Crippen MR) is 172 cm³/mol. The Bertz CT molecular complexity index is 1680. The van der Waals surface area contributed by atoms with E-state index in [9.17, 15) is 9.59 Å².